The standard InChI is InChI=1S/C9H17N3O2S2/c1-12(4-6(13)5-14-2)9-7(15-3)8(10)11-16-9/h6,13H,4-5H2,1-3H3,(H2,10,11). The number of methoxy groups -OCH3 is 1. The van der Waals surface area contributed by atoms with Crippen LogP contribution in [0.5, 0.6) is 0 Å². The molecule has 3 N–H and O–H groups in total. The summed E-state index contributed by atoms with van der Waals surface area (Å²) in [5.41, 5.74) is 5.74. The zero-order chi connectivity index (χ0) is 12.1. The molecule has 0 bridgehead atoms. The van der Waals surface area contributed by atoms with Crippen molar-refractivity contribution < 1.29 is 9.84 Å². The molecule has 1 rings (SSSR count). The first kappa shape index (κ1) is 13.6. The second-order valence-electron chi connectivity index (χ2n) is 3.40. The van der Waals surface area contributed by atoms with E-state index in [1.807, 2.05) is 18.2 Å². The van der Waals surface area contributed by atoms with Crippen molar-refractivity contribution in [1.82, 2.24) is 4.37 Å². The molecule has 1 unspecified atom stereocenters. The third-order valence-electron chi connectivity index (χ3n) is 2.05. The number of nitrogen functional groups attached to an aromatic ring is 1. The van der Waals surface area contributed by atoms with Crippen LogP contribution in [0.15, 0.2) is 4.90 Å². The molecule has 0 saturated carbocycles. The molecular formula is C9H17N3O2S2. The Bertz CT molecular complexity index is 333. The number of aliphatic hydroxyl groups excluding tert-OH is 1. The summed E-state index contributed by atoms with van der Waals surface area (Å²) >= 11 is 2.91. The van der Waals surface area contributed by atoms with Gasteiger partial charge in [0.15, 0.2) is 5.82 Å². The highest BCUT2D eigenvalue weighted by atomic mass is 32.2. The number of nitrogens with zero attached hydrogens (tertiary/aromatic N) is 2. The van der Waals surface area contributed by atoms with Gasteiger partial charge in [-0.3, -0.25) is 0 Å². The highest BCUT2D eigenvalue weighted by molar-refractivity contribution is 7.99. The lowest BCUT2D eigenvalue weighted by atomic mass is 10.3. The van der Waals surface area contributed by atoms with Gasteiger partial charge in [0.2, 0.25) is 0 Å². The average Bonchev–Trinajstić information content (AvgIpc) is 2.59. The predicted octanol–water partition coefficient (Wildman–Crippen LogP) is 0.891. The topological polar surface area (TPSA) is 71.6 Å². The van der Waals surface area contributed by atoms with E-state index in [9.17, 15) is 5.11 Å². The van der Waals surface area contributed by atoms with Gasteiger partial charge >= 0.3 is 0 Å². The first-order chi connectivity index (χ1) is 7.60. The van der Waals surface area contributed by atoms with Crippen molar-refractivity contribution in [2.75, 3.05) is 44.2 Å². The summed E-state index contributed by atoms with van der Waals surface area (Å²) in [7, 11) is 3.48. The van der Waals surface area contributed by atoms with E-state index < -0.39 is 6.10 Å². The summed E-state index contributed by atoms with van der Waals surface area (Å²) in [6.07, 6.45) is 1.45. The summed E-state index contributed by atoms with van der Waals surface area (Å²) in [4.78, 5) is 2.92. The molecule has 0 saturated heterocycles. The van der Waals surface area contributed by atoms with Crippen molar-refractivity contribution in [3.63, 3.8) is 0 Å². The van der Waals surface area contributed by atoms with E-state index in [-0.39, 0.29) is 0 Å². The largest absolute Gasteiger partial charge is 0.389 e. The van der Waals surface area contributed by atoms with Gasteiger partial charge in [-0.1, -0.05) is 0 Å². The third-order valence-corrected chi connectivity index (χ3v) is 3.97. The van der Waals surface area contributed by atoms with Gasteiger partial charge in [-0.15, -0.1) is 11.8 Å². The van der Waals surface area contributed by atoms with Gasteiger partial charge in [-0.25, -0.2) is 0 Å². The van der Waals surface area contributed by atoms with E-state index in [1.165, 1.54) is 11.5 Å². The van der Waals surface area contributed by atoms with Gasteiger partial charge in [0.1, 0.15) is 5.00 Å². The fourth-order valence-corrected chi connectivity index (χ4v) is 3.05. The van der Waals surface area contributed by atoms with E-state index in [0.717, 1.165) is 9.90 Å². The Morgan fingerprint density at radius 1 is 1.69 bits per heavy atom. The summed E-state index contributed by atoms with van der Waals surface area (Å²) in [6.45, 7) is 0.830. The molecule has 0 aliphatic rings. The molecule has 92 valence electrons. The fraction of sp³-hybridized carbons (Fsp3) is 0.667. The van der Waals surface area contributed by atoms with Gasteiger partial charge in [0.05, 0.1) is 17.6 Å². The first-order valence-electron chi connectivity index (χ1n) is 4.77. The van der Waals surface area contributed by atoms with Gasteiger partial charge in [0.25, 0.3) is 0 Å². The van der Waals surface area contributed by atoms with Gasteiger partial charge < -0.3 is 20.5 Å². The van der Waals surface area contributed by atoms with Gasteiger partial charge in [-0.05, 0) is 17.8 Å². The quantitative estimate of drug-likeness (QED) is 0.743. The molecule has 0 aliphatic carbocycles. The normalized spacial score (nSPS) is 12.8. The summed E-state index contributed by atoms with van der Waals surface area (Å²) < 4.78 is 8.99. The molecule has 0 amide bonds. The van der Waals surface area contributed by atoms with Crippen LogP contribution in [0.4, 0.5) is 10.8 Å². The molecule has 1 aromatic rings. The number of ether oxygens (including phenoxy) is 1. The number of hydrogen-bond acceptors (Lipinski definition) is 7. The lowest BCUT2D eigenvalue weighted by molar-refractivity contribution is 0.0695. The van der Waals surface area contributed by atoms with E-state index in [1.54, 1.807) is 18.9 Å². The average molecular weight is 263 g/mol. The van der Waals surface area contributed by atoms with Gasteiger partial charge in [-0.2, -0.15) is 4.37 Å². The Balaban J connectivity index is 2.68. The summed E-state index contributed by atoms with van der Waals surface area (Å²) in [5, 5.41) is 10.6. The molecule has 0 aliphatic heterocycles. The third kappa shape index (κ3) is 3.24. The first-order valence-corrected chi connectivity index (χ1v) is 6.77. The van der Waals surface area contributed by atoms with E-state index in [2.05, 4.69) is 4.37 Å². The van der Waals surface area contributed by atoms with Crippen molar-refractivity contribution in [1.29, 1.82) is 0 Å². The summed E-state index contributed by atoms with van der Waals surface area (Å²) in [5.74, 6) is 0.556. The van der Waals surface area contributed by atoms with Crippen LogP contribution in [0, 0.1) is 0 Å². The molecule has 16 heavy (non-hydrogen) atoms. The second-order valence-corrected chi connectivity index (χ2v) is 4.96. The zero-order valence-corrected chi connectivity index (χ0v) is 11.3. The van der Waals surface area contributed by atoms with Crippen molar-refractivity contribution in [3.05, 3.63) is 0 Å². The number of thioether (sulfide) groups is 1. The lowest BCUT2D eigenvalue weighted by Gasteiger charge is -2.21. The Morgan fingerprint density at radius 2 is 2.38 bits per heavy atom. The molecule has 0 spiro atoms. The number of nitrogens with two attached hydrogens (primary N) is 1. The molecule has 0 radical (unpaired) electrons. The van der Waals surface area contributed by atoms with Crippen LogP contribution in [-0.2, 0) is 4.74 Å². The molecule has 1 aromatic heterocycles. The van der Waals surface area contributed by atoms with Crippen molar-refractivity contribution in [2.45, 2.75) is 11.0 Å². The monoisotopic (exact) mass is 263 g/mol. The molecule has 0 fully saturated rings. The number of aliphatic hydroxyl groups is 1. The van der Waals surface area contributed by atoms with Crippen LogP contribution in [0.3, 0.4) is 0 Å². The zero-order valence-electron chi connectivity index (χ0n) is 9.64. The molecule has 1 atom stereocenters. The lowest BCUT2D eigenvalue weighted by Crippen LogP contribution is -2.31. The minimum Gasteiger partial charge on any atom is -0.389 e. The maximum atomic E-state index is 9.63. The number of likely N-dealkylation sites (N-methyl/N-ethyl adjacent to an activating group) is 1. The minimum atomic E-state index is -0.506. The number of anilines is 2. The molecule has 7 heteroatoms. The van der Waals surface area contributed by atoms with Crippen LogP contribution < -0.4 is 10.6 Å². The van der Waals surface area contributed by atoms with Gasteiger partial charge in [0, 0.05) is 20.7 Å². The Kier molecular flexibility index (Phi) is 5.33. The van der Waals surface area contributed by atoms with E-state index in [4.69, 9.17) is 10.5 Å². The molecule has 0 aromatic carbocycles. The Morgan fingerprint density at radius 3 is 2.94 bits per heavy atom. The summed E-state index contributed by atoms with van der Waals surface area (Å²) in [6, 6.07) is 0. The van der Waals surface area contributed by atoms with Crippen molar-refractivity contribution >= 4 is 34.1 Å². The molecule has 5 nitrogen and oxygen atoms in total. The minimum absolute atomic E-state index is 0.327. The van der Waals surface area contributed by atoms with Crippen molar-refractivity contribution in [3.8, 4) is 0 Å². The SMILES string of the molecule is COCC(O)CN(C)c1snc(N)c1SC. The fourth-order valence-electron chi connectivity index (χ4n) is 1.36. The number of aromatic nitrogens is 1. The van der Waals surface area contributed by atoms with Crippen LogP contribution in [0.1, 0.15) is 0 Å². The highest BCUT2D eigenvalue weighted by Gasteiger charge is 2.16. The highest BCUT2D eigenvalue weighted by Crippen LogP contribution is 2.36. The van der Waals surface area contributed by atoms with E-state index >= 15 is 0 Å². The number of rotatable bonds is 6. The molecule has 1 heterocycles. The van der Waals surface area contributed by atoms with Crippen LogP contribution in [0.25, 0.3) is 0 Å². The smallest absolute Gasteiger partial charge is 0.153 e. The van der Waals surface area contributed by atoms with Crippen LogP contribution in [0.2, 0.25) is 0 Å². The van der Waals surface area contributed by atoms with Crippen LogP contribution >= 0.6 is 23.3 Å². The number of hydrogen-bond donors (Lipinski definition) is 2. The maximum Gasteiger partial charge on any atom is 0.153 e. The maximum absolute atomic E-state index is 9.63. The predicted molar refractivity (Wildman–Crippen MR) is 69.5 cm³/mol. The second kappa shape index (κ2) is 6.29. The molecular weight excluding hydrogens is 246 g/mol. The van der Waals surface area contributed by atoms with Crippen LogP contribution in [-0.4, -0.2) is 49.1 Å². The van der Waals surface area contributed by atoms with E-state index in [0.29, 0.717) is 19.0 Å². The Labute approximate surface area is 104 Å². The van der Waals surface area contributed by atoms with Crippen molar-refractivity contribution in [2.24, 2.45) is 0 Å². The Hall–Kier alpha value is -0.500.